The highest BCUT2D eigenvalue weighted by atomic mass is 35.5. The minimum atomic E-state index is -0.165. The number of hydrogen-bond donors (Lipinski definition) is 0. The summed E-state index contributed by atoms with van der Waals surface area (Å²) in [5.74, 6) is 0. The third-order valence-corrected chi connectivity index (χ3v) is 5.01. The summed E-state index contributed by atoms with van der Waals surface area (Å²) in [6.45, 7) is 1.27. The first-order valence-corrected chi connectivity index (χ1v) is 9.06. The molecule has 3 heterocycles. The van der Waals surface area contributed by atoms with Gasteiger partial charge >= 0.3 is 0 Å². The molecule has 0 N–H and O–H groups in total. The van der Waals surface area contributed by atoms with Crippen LogP contribution in [0.3, 0.4) is 0 Å². The molecule has 7 heteroatoms. The van der Waals surface area contributed by atoms with Crippen molar-refractivity contribution >= 4 is 45.4 Å². The molecular formula is C16H15ClN2O3S. The Kier molecular flexibility index (Phi) is 3.83. The summed E-state index contributed by atoms with van der Waals surface area (Å²) < 4.78 is 13.1. The molecule has 4 rings (SSSR count). The monoisotopic (exact) mass is 350 g/mol. The summed E-state index contributed by atoms with van der Waals surface area (Å²) in [6, 6.07) is 5.29. The first kappa shape index (κ1) is 15.1. The van der Waals surface area contributed by atoms with Crippen LogP contribution in [0.4, 0.5) is 0 Å². The van der Waals surface area contributed by atoms with Gasteiger partial charge in [0.05, 0.1) is 12.6 Å². The molecule has 1 atom stereocenters. The zero-order valence-electron chi connectivity index (χ0n) is 12.5. The quantitative estimate of drug-likeness (QED) is 0.532. The number of rotatable bonds is 3. The molecule has 5 nitrogen and oxygen atoms in total. The van der Waals surface area contributed by atoms with Gasteiger partial charge in [0.1, 0.15) is 11.1 Å². The summed E-state index contributed by atoms with van der Waals surface area (Å²) in [5, 5.41) is 2.03. The fourth-order valence-corrected chi connectivity index (χ4v) is 3.72. The minimum Gasteiger partial charge on any atom is -0.448 e. The molecule has 1 unspecified atom stereocenters. The lowest BCUT2D eigenvalue weighted by atomic mass is 10.2. The topological polar surface area (TPSA) is 57.3 Å². The lowest BCUT2D eigenvalue weighted by molar-refractivity contribution is 0.0937. The van der Waals surface area contributed by atoms with Gasteiger partial charge in [0.15, 0.2) is 5.16 Å². The van der Waals surface area contributed by atoms with Crippen LogP contribution in [0.25, 0.3) is 22.1 Å². The van der Waals surface area contributed by atoms with E-state index in [-0.39, 0.29) is 17.2 Å². The van der Waals surface area contributed by atoms with E-state index in [1.807, 2.05) is 6.26 Å². The van der Waals surface area contributed by atoms with E-state index in [1.54, 1.807) is 22.8 Å². The number of thioether (sulfide) groups is 1. The van der Waals surface area contributed by atoms with Crippen LogP contribution in [-0.4, -0.2) is 28.5 Å². The number of benzene rings is 1. The Hall–Kier alpha value is -1.50. The predicted octanol–water partition coefficient (Wildman–Crippen LogP) is 3.70. The fraction of sp³-hybridized carbons (Fsp3) is 0.375. The summed E-state index contributed by atoms with van der Waals surface area (Å²) in [6.07, 6.45) is 3.98. The molecule has 1 aromatic carbocycles. The molecule has 1 aliphatic rings. The first-order chi connectivity index (χ1) is 11.2. The van der Waals surface area contributed by atoms with E-state index >= 15 is 0 Å². The molecule has 0 saturated carbocycles. The smallest absolute Gasteiger partial charge is 0.297 e. The zero-order valence-corrected chi connectivity index (χ0v) is 14.1. The number of hydrogen-bond acceptors (Lipinski definition) is 5. The molecule has 23 heavy (non-hydrogen) atoms. The Morgan fingerprint density at radius 1 is 1.48 bits per heavy atom. The summed E-state index contributed by atoms with van der Waals surface area (Å²) in [7, 11) is 0. The van der Waals surface area contributed by atoms with Crippen molar-refractivity contribution in [2.45, 2.75) is 30.6 Å². The minimum absolute atomic E-state index is 0.0664. The van der Waals surface area contributed by atoms with Crippen molar-refractivity contribution in [3.05, 3.63) is 33.6 Å². The number of halogens is 1. The van der Waals surface area contributed by atoms with Crippen molar-refractivity contribution in [2.75, 3.05) is 12.9 Å². The number of ether oxygens (including phenoxy) is 1. The van der Waals surface area contributed by atoms with Gasteiger partial charge < -0.3 is 9.15 Å². The van der Waals surface area contributed by atoms with Gasteiger partial charge in [0.25, 0.3) is 5.56 Å². The summed E-state index contributed by atoms with van der Waals surface area (Å²) in [4.78, 5) is 17.5. The Bertz CT molecular complexity index is 944. The van der Waals surface area contributed by atoms with Gasteiger partial charge in [-0.15, -0.1) is 0 Å². The van der Waals surface area contributed by atoms with Crippen LogP contribution in [0.2, 0.25) is 5.02 Å². The van der Waals surface area contributed by atoms with E-state index in [2.05, 4.69) is 4.98 Å². The maximum absolute atomic E-state index is 12.9. The molecule has 0 bridgehead atoms. The van der Waals surface area contributed by atoms with Crippen LogP contribution in [0.15, 0.2) is 32.6 Å². The third-order valence-electron chi connectivity index (χ3n) is 4.09. The van der Waals surface area contributed by atoms with Crippen LogP contribution in [0.5, 0.6) is 0 Å². The molecule has 1 saturated heterocycles. The van der Waals surface area contributed by atoms with Crippen LogP contribution < -0.4 is 5.56 Å². The van der Waals surface area contributed by atoms with Gasteiger partial charge in [-0.2, -0.15) is 0 Å². The number of nitrogens with zero attached hydrogens (tertiary/aromatic N) is 2. The Labute approximate surface area is 141 Å². The van der Waals surface area contributed by atoms with Gasteiger partial charge in [-0.25, -0.2) is 4.98 Å². The summed E-state index contributed by atoms with van der Waals surface area (Å²) >= 11 is 7.51. The molecule has 1 fully saturated rings. The first-order valence-electron chi connectivity index (χ1n) is 7.45. The van der Waals surface area contributed by atoms with Crippen molar-refractivity contribution in [3.63, 3.8) is 0 Å². The van der Waals surface area contributed by atoms with Gasteiger partial charge in [-0.1, -0.05) is 23.4 Å². The molecule has 3 aromatic rings. The van der Waals surface area contributed by atoms with E-state index in [0.29, 0.717) is 27.8 Å². The Morgan fingerprint density at radius 2 is 2.35 bits per heavy atom. The van der Waals surface area contributed by atoms with Crippen LogP contribution in [0, 0.1) is 0 Å². The molecule has 1 aliphatic heterocycles. The fourth-order valence-electron chi connectivity index (χ4n) is 2.99. The average Bonchev–Trinajstić information content (AvgIpc) is 3.17. The Balaban J connectivity index is 1.94. The summed E-state index contributed by atoms with van der Waals surface area (Å²) in [5.41, 5.74) is 1.30. The van der Waals surface area contributed by atoms with Crippen molar-refractivity contribution in [2.24, 2.45) is 0 Å². The van der Waals surface area contributed by atoms with Crippen molar-refractivity contribution in [1.29, 1.82) is 0 Å². The van der Waals surface area contributed by atoms with E-state index < -0.39 is 0 Å². The maximum atomic E-state index is 12.9. The maximum Gasteiger partial charge on any atom is 0.297 e. The van der Waals surface area contributed by atoms with Gasteiger partial charge in [-0.3, -0.25) is 9.36 Å². The second-order valence-corrected chi connectivity index (χ2v) is 6.78. The largest absolute Gasteiger partial charge is 0.448 e. The van der Waals surface area contributed by atoms with Gasteiger partial charge in [0, 0.05) is 17.0 Å². The van der Waals surface area contributed by atoms with Crippen LogP contribution >= 0.6 is 23.4 Å². The van der Waals surface area contributed by atoms with Crippen LogP contribution in [-0.2, 0) is 11.3 Å². The molecule has 2 aromatic heterocycles. The third kappa shape index (κ3) is 2.55. The second-order valence-electron chi connectivity index (χ2n) is 5.57. The van der Waals surface area contributed by atoms with E-state index in [1.165, 1.54) is 11.8 Å². The lowest BCUT2D eigenvalue weighted by Crippen LogP contribution is -2.28. The number of fused-ring (bicyclic) bond motifs is 3. The molecule has 0 spiro atoms. The predicted molar refractivity (Wildman–Crippen MR) is 91.5 cm³/mol. The lowest BCUT2D eigenvalue weighted by Gasteiger charge is -2.14. The van der Waals surface area contributed by atoms with E-state index in [9.17, 15) is 4.79 Å². The SMILES string of the molecule is CSc1nc2c(oc3ccc(Cl)cc32)c(=O)n1CC1CCCO1. The highest BCUT2D eigenvalue weighted by Crippen LogP contribution is 2.29. The molecule has 120 valence electrons. The number of aromatic nitrogens is 2. The Morgan fingerprint density at radius 3 is 3.09 bits per heavy atom. The standard InChI is InChI=1S/C16H15ClN2O3S/c1-23-16-18-13-11-7-9(17)4-5-12(11)22-14(13)15(20)19(16)8-10-3-2-6-21-10/h4-5,7,10H,2-3,6,8H2,1H3. The second kappa shape index (κ2) is 5.85. The molecule has 0 aliphatic carbocycles. The normalized spacial score (nSPS) is 18.3. The zero-order chi connectivity index (χ0) is 16.0. The van der Waals surface area contributed by atoms with E-state index in [0.717, 1.165) is 24.8 Å². The van der Waals surface area contributed by atoms with Gasteiger partial charge in [-0.05, 0) is 37.3 Å². The molecule has 0 radical (unpaired) electrons. The highest BCUT2D eigenvalue weighted by molar-refractivity contribution is 7.98. The van der Waals surface area contributed by atoms with Crippen molar-refractivity contribution in [3.8, 4) is 0 Å². The highest BCUT2D eigenvalue weighted by Gasteiger charge is 2.22. The van der Waals surface area contributed by atoms with Crippen molar-refractivity contribution in [1.82, 2.24) is 9.55 Å². The van der Waals surface area contributed by atoms with Crippen molar-refractivity contribution < 1.29 is 9.15 Å². The number of furan rings is 1. The molecular weight excluding hydrogens is 336 g/mol. The van der Waals surface area contributed by atoms with Gasteiger partial charge in [0.2, 0.25) is 5.58 Å². The molecule has 0 amide bonds. The average molecular weight is 351 g/mol. The van der Waals surface area contributed by atoms with E-state index in [4.69, 9.17) is 20.8 Å². The van der Waals surface area contributed by atoms with Crippen LogP contribution in [0.1, 0.15) is 12.8 Å².